The Morgan fingerprint density at radius 2 is 1.57 bits per heavy atom. The largest absolute Gasteiger partial charge is 0.416 e. The number of nitrogens with one attached hydrogen (secondary N) is 1. The van der Waals surface area contributed by atoms with Crippen molar-refractivity contribution in [2.75, 3.05) is 5.43 Å². The van der Waals surface area contributed by atoms with Crippen molar-refractivity contribution in [1.29, 1.82) is 10.5 Å². The molecular weight excluding hydrogens is 325 g/mol. The van der Waals surface area contributed by atoms with Gasteiger partial charge in [0.1, 0.15) is 12.1 Å². The minimum Gasteiger partial charge on any atom is -0.264 e. The molecule has 0 saturated carbocycles. The van der Waals surface area contributed by atoms with E-state index in [4.69, 9.17) is 10.5 Å². The Hall–Kier alpha value is -3.74. The van der Waals surface area contributed by atoms with Gasteiger partial charge in [0.2, 0.25) is 11.4 Å². The molecule has 1 rings (SSSR count). The van der Waals surface area contributed by atoms with Crippen LogP contribution in [0.15, 0.2) is 17.2 Å². The van der Waals surface area contributed by atoms with Gasteiger partial charge in [-0.2, -0.15) is 28.8 Å². The van der Waals surface area contributed by atoms with E-state index in [2.05, 4.69) is 5.10 Å². The van der Waals surface area contributed by atoms with Gasteiger partial charge >= 0.3 is 17.6 Å². The van der Waals surface area contributed by atoms with Crippen molar-refractivity contribution >= 4 is 22.8 Å². The second kappa shape index (κ2) is 6.35. The van der Waals surface area contributed by atoms with Crippen LogP contribution < -0.4 is 5.43 Å². The summed E-state index contributed by atoms with van der Waals surface area (Å²) in [5.41, 5.74) is -4.29. The Balaban J connectivity index is 3.64. The predicted molar refractivity (Wildman–Crippen MR) is 67.0 cm³/mol. The topological polar surface area (TPSA) is 158 Å². The fourth-order valence-corrected chi connectivity index (χ4v) is 1.36. The fraction of sp³-hybridized carbons (Fsp3) is 0.100. The average molecular weight is 328 g/mol. The molecule has 0 aliphatic heterocycles. The van der Waals surface area contributed by atoms with Gasteiger partial charge in [-0.05, 0) is 0 Å². The molecule has 1 aromatic carbocycles. The van der Waals surface area contributed by atoms with Gasteiger partial charge in [0, 0.05) is 12.1 Å². The van der Waals surface area contributed by atoms with Gasteiger partial charge in [-0.3, -0.25) is 25.7 Å². The van der Waals surface area contributed by atoms with Crippen molar-refractivity contribution in [2.24, 2.45) is 5.10 Å². The quantitative estimate of drug-likeness (QED) is 0.504. The van der Waals surface area contributed by atoms with Crippen molar-refractivity contribution in [3.63, 3.8) is 0 Å². The zero-order chi connectivity index (χ0) is 17.8. The average Bonchev–Trinajstić information content (AvgIpc) is 2.46. The van der Waals surface area contributed by atoms with E-state index in [0.29, 0.717) is 0 Å². The SMILES string of the molecule is N#CC(C#N)=NNc1c([N+](=O)[O-])cc(C(F)(F)F)cc1[N+](=O)[O-]. The fourth-order valence-electron chi connectivity index (χ4n) is 1.36. The molecule has 1 N–H and O–H groups in total. The highest BCUT2D eigenvalue weighted by Crippen LogP contribution is 2.41. The molecule has 0 unspecified atom stereocenters. The monoisotopic (exact) mass is 328 g/mol. The number of hydrogen-bond acceptors (Lipinski definition) is 8. The van der Waals surface area contributed by atoms with E-state index in [1.54, 1.807) is 5.43 Å². The number of hydrogen-bond donors (Lipinski definition) is 1. The molecule has 0 heterocycles. The Morgan fingerprint density at radius 3 is 1.87 bits per heavy atom. The number of halogens is 3. The smallest absolute Gasteiger partial charge is 0.264 e. The van der Waals surface area contributed by atoms with Gasteiger partial charge in [0.25, 0.3) is 0 Å². The van der Waals surface area contributed by atoms with Crippen molar-refractivity contribution in [3.05, 3.63) is 37.9 Å². The molecule has 23 heavy (non-hydrogen) atoms. The van der Waals surface area contributed by atoms with Crippen molar-refractivity contribution in [1.82, 2.24) is 0 Å². The van der Waals surface area contributed by atoms with Crippen LogP contribution in [0.3, 0.4) is 0 Å². The van der Waals surface area contributed by atoms with E-state index < -0.39 is 44.4 Å². The van der Waals surface area contributed by atoms with Crippen LogP contribution >= 0.6 is 0 Å². The highest BCUT2D eigenvalue weighted by Gasteiger charge is 2.37. The normalized spacial score (nSPS) is 10.1. The summed E-state index contributed by atoms with van der Waals surface area (Å²) >= 11 is 0. The van der Waals surface area contributed by atoms with Crippen molar-refractivity contribution < 1.29 is 23.0 Å². The van der Waals surface area contributed by atoms with Gasteiger partial charge < -0.3 is 0 Å². The molecule has 1 aromatic rings. The summed E-state index contributed by atoms with van der Waals surface area (Å²) in [6, 6.07) is 2.67. The number of nitro benzene ring substituents is 2. The van der Waals surface area contributed by atoms with Crippen LogP contribution in [0.4, 0.5) is 30.2 Å². The first kappa shape index (κ1) is 17.3. The Labute approximate surface area is 124 Å². The molecule has 0 aromatic heterocycles. The first-order valence-electron chi connectivity index (χ1n) is 5.29. The maximum Gasteiger partial charge on any atom is 0.416 e. The number of nitro groups is 2. The summed E-state index contributed by atoms with van der Waals surface area (Å²) in [5, 5.41) is 41.7. The molecule has 0 saturated heterocycles. The first-order valence-corrected chi connectivity index (χ1v) is 5.29. The second-order valence-corrected chi connectivity index (χ2v) is 3.70. The van der Waals surface area contributed by atoms with Crippen molar-refractivity contribution in [3.8, 4) is 12.1 Å². The summed E-state index contributed by atoms with van der Waals surface area (Å²) in [5.74, 6) is 0. The molecule has 0 aliphatic carbocycles. The Kier molecular flexibility index (Phi) is 4.78. The van der Waals surface area contributed by atoms with Crippen LogP contribution in [0.5, 0.6) is 0 Å². The predicted octanol–water partition coefficient (Wildman–Crippen LogP) is 2.34. The van der Waals surface area contributed by atoms with Gasteiger partial charge in [0.05, 0.1) is 15.4 Å². The number of hydrazone groups is 1. The number of alkyl halides is 3. The molecule has 0 aliphatic rings. The van der Waals surface area contributed by atoms with E-state index in [9.17, 15) is 33.4 Å². The minimum atomic E-state index is -5.05. The first-order chi connectivity index (χ1) is 10.6. The molecule has 0 bridgehead atoms. The third-order valence-corrected chi connectivity index (χ3v) is 2.31. The number of nitriles is 2. The van der Waals surface area contributed by atoms with Gasteiger partial charge in [-0.15, -0.1) is 0 Å². The Morgan fingerprint density at radius 1 is 1.13 bits per heavy atom. The maximum atomic E-state index is 12.7. The molecular formula is C10H3F3N6O4. The third kappa shape index (κ3) is 3.88. The van der Waals surface area contributed by atoms with E-state index in [0.717, 1.165) is 0 Å². The molecule has 0 fully saturated rings. The lowest BCUT2D eigenvalue weighted by Crippen LogP contribution is -2.09. The molecule has 13 heteroatoms. The van der Waals surface area contributed by atoms with Gasteiger partial charge in [-0.1, -0.05) is 0 Å². The standard InChI is InChI=1S/C10H3F3N6O4/c11-10(12,13)5-1-7(18(20)21)9(8(2-5)19(22)23)17-16-6(3-14)4-15/h1-2,17H. The zero-order valence-corrected chi connectivity index (χ0v) is 10.7. The van der Waals surface area contributed by atoms with Crippen molar-refractivity contribution in [2.45, 2.75) is 6.18 Å². The Bertz CT molecular complexity index is 738. The molecule has 0 radical (unpaired) electrons. The minimum absolute atomic E-state index is 0.0727. The van der Waals surface area contributed by atoms with E-state index in [-0.39, 0.29) is 12.1 Å². The number of anilines is 1. The maximum absolute atomic E-state index is 12.7. The molecule has 0 spiro atoms. The highest BCUT2D eigenvalue weighted by molar-refractivity contribution is 6.10. The van der Waals surface area contributed by atoms with Crippen LogP contribution in [-0.2, 0) is 6.18 Å². The highest BCUT2D eigenvalue weighted by atomic mass is 19.4. The lowest BCUT2D eigenvalue weighted by atomic mass is 10.1. The molecule has 118 valence electrons. The van der Waals surface area contributed by atoms with E-state index in [1.807, 2.05) is 0 Å². The van der Waals surface area contributed by atoms with E-state index >= 15 is 0 Å². The van der Waals surface area contributed by atoms with Gasteiger partial charge in [0.15, 0.2) is 0 Å². The summed E-state index contributed by atoms with van der Waals surface area (Å²) < 4.78 is 38.0. The molecule has 10 nitrogen and oxygen atoms in total. The zero-order valence-electron chi connectivity index (χ0n) is 10.7. The lowest BCUT2D eigenvalue weighted by Gasteiger charge is -2.09. The van der Waals surface area contributed by atoms with Crippen LogP contribution in [0.25, 0.3) is 0 Å². The summed E-state index contributed by atoms with van der Waals surface area (Å²) in [6.45, 7) is 0. The van der Waals surface area contributed by atoms with Crippen LogP contribution in [0.2, 0.25) is 0 Å². The lowest BCUT2D eigenvalue weighted by molar-refractivity contribution is -0.392. The van der Waals surface area contributed by atoms with Crippen LogP contribution in [0, 0.1) is 42.9 Å². The summed E-state index contributed by atoms with van der Waals surface area (Å²) in [4.78, 5) is 19.1. The van der Waals surface area contributed by atoms with Gasteiger partial charge in [-0.25, -0.2) is 0 Å². The van der Waals surface area contributed by atoms with Crippen LogP contribution in [-0.4, -0.2) is 15.6 Å². The second-order valence-electron chi connectivity index (χ2n) is 3.70. The number of rotatable bonds is 4. The summed E-state index contributed by atoms with van der Waals surface area (Å²) in [7, 11) is 0. The summed E-state index contributed by atoms with van der Waals surface area (Å²) in [6.07, 6.45) is -5.05. The third-order valence-electron chi connectivity index (χ3n) is 2.31. The van der Waals surface area contributed by atoms with Crippen LogP contribution in [0.1, 0.15) is 5.56 Å². The molecule has 0 atom stereocenters. The molecule has 0 amide bonds. The number of nitrogens with zero attached hydrogens (tertiary/aromatic N) is 5. The van der Waals surface area contributed by atoms with E-state index in [1.165, 1.54) is 12.1 Å². The number of benzene rings is 1.